The molecule has 1 fully saturated rings. The lowest BCUT2D eigenvalue weighted by atomic mass is 10.1. The molecule has 0 bridgehead atoms. The zero-order chi connectivity index (χ0) is 11.6. The van der Waals surface area contributed by atoms with Crippen LogP contribution >= 0.6 is 0 Å². The molecule has 1 saturated heterocycles. The van der Waals surface area contributed by atoms with Crippen molar-refractivity contribution < 1.29 is 13.9 Å². The van der Waals surface area contributed by atoms with Crippen molar-refractivity contribution in [1.82, 2.24) is 4.90 Å². The average Bonchev–Trinajstić information content (AvgIpc) is 2.43. The SMILES string of the molecule is CC(C)(C)OC(=O)N1CC(F)C(C#N)C1. The Morgan fingerprint density at radius 2 is 2.13 bits per heavy atom. The first-order valence-electron chi connectivity index (χ1n) is 4.85. The van der Waals surface area contributed by atoms with Gasteiger partial charge in [0, 0.05) is 6.54 Å². The minimum Gasteiger partial charge on any atom is -0.444 e. The Bertz CT molecular complexity index is 293. The Labute approximate surface area is 88.6 Å². The summed E-state index contributed by atoms with van der Waals surface area (Å²) in [6.07, 6.45) is -1.81. The lowest BCUT2D eigenvalue weighted by molar-refractivity contribution is 0.0282. The number of amides is 1. The van der Waals surface area contributed by atoms with Crippen LogP contribution in [0, 0.1) is 17.2 Å². The number of carbonyl (C=O) groups is 1. The number of nitrogens with zero attached hydrogens (tertiary/aromatic N) is 2. The summed E-state index contributed by atoms with van der Waals surface area (Å²) in [7, 11) is 0. The number of ether oxygens (including phenoxy) is 1. The topological polar surface area (TPSA) is 53.3 Å². The Hall–Kier alpha value is -1.31. The van der Waals surface area contributed by atoms with Gasteiger partial charge in [-0.05, 0) is 20.8 Å². The van der Waals surface area contributed by atoms with E-state index < -0.39 is 23.8 Å². The van der Waals surface area contributed by atoms with Crippen molar-refractivity contribution in [2.45, 2.75) is 32.5 Å². The number of likely N-dealkylation sites (tertiary alicyclic amines) is 1. The van der Waals surface area contributed by atoms with Crippen molar-refractivity contribution in [3.05, 3.63) is 0 Å². The normalized spacial score (nSPS) is 26.2. The molecule has 1 aliphatic rings. The largest absolute Gasteiger partial charge is 0.444 e. The van der Waals surface area contributed by atoms with E-state index in [-0.39, 0.29) is 13.1 Å². The van der Waals surface area contributed by atoms with Gasteiger partial charge in [-0.15, -0.1) is 0 Å². The summed E-state index contributed by atoms with van der Waals surface area (Å²) in [5.74, 6) is -0.725. The number of carbonyl (C=O) groups excluding carboxylic acids is 1. The van der Waals surface area contributed by atoms with E-state index in [1.807, 2.05) is 6.07 Å². The fourth-order valence-corrected chi connectivity index (χ4v) is 1.36. The number of hydrogen-bond acceptors (Lipinski definition) is 3. The highest BCUT2D eigenvalue weighted by Crippen LogP contribution is 2.21. The highest BCUT2D eigenvalue weighted by atomic mass is 19.1. The van der Waals surface area contributed by atoms with Crippen molar-refractivity contribution in [3.63, 3.8) is 0 Å². The van der Waals surface area contributed by atoms with Gasteiger partial charge < -0.3 is 9.64 Å². The molecule has 4 nitrogen and oxygen atoms in total. The predicted molar refractivity (Wildman–Crippen MR) is 51.8 cm³/mol. The van der Waals surface area contributed by atoms with E-state index in [4.69, 9.17) is 10.00 Å². The maximum atomic E-state index is 13.2. The molecule has 0 aromatic rings. The fourth-order valence-electron chi connectivity index (χ4n) is 1.36. The lowest BCUT2D eigenvalue weighted by Crippen LogP contribution is -2.35. The Balaban J connectivity index is 2.54. The Morgan fingerprint density at radius 3 is 2.53 bits per heavy atom. The number of alkyl halides is 1. The molecule has 1 rings (SSSR count). The van der Waals surface area contributed by atoms with Gasteiger partial charge in [0.15, 0.2) is 0 Å². The molecule has 0 spiro atoms. The Kier molecular flexibility index (Phi) is 3.18. The van der Waals surface area contributed by atoms with E-state index in [0.717, 1.165) is 0 Å². The molecule has 5 heteroatoms. The quantitative estimate of drug-likeness (QED) is 0.617. The van der Waals surface area contributed by atoms with Gasteiger partial charge in [0.2, 0.25) is 0 Å². The molecule has 0 aromatic carbocycles. The second-order valence-electron chi connectivity index (χ2n) is 4.64. The third-order valence-electron chi connectivity index (χ3n) is 2.07. The van der Waals surface area contributed by atoms with Crippen LogP contribution in [0.2, 0.25) is 0 Å². The molecule has 84 valence electrons. The first-order valence-corrected chi connectivity index (χ1v) is 4.85. The molecule has 0 N–H and O–H groups in total. The minimum absolute atomic E-state index is 0.0485. The summed E-state index contributed by atoms with van der Waals surface area (Å²) < 4.78 is 18.2. The molecule has 2 atom stereocenters. The molecule has 1 amide bonds. The number of nitriles is 1. The molecule has 1 aliphatic heterocycles. The smallest absolute Gasteiger partial charge is 0.410 e. The maximum absolute atomic E-state index is 13.2. The average molecular weight is 214 g/mol. The van der Waals surface area contributed by atoms with E-state index >= 15 is 0 Å². The molecule has 0 aromatic heterocycles. The van der Waals surface area contributed by atoms with Crippen LogP contribution in [-0.4, -0.2) is 35.9 Å². The van der Waals surface area contributed by atoms with Gasteiger partial charge in [-0.3, -0.25) is 0 Å². The van der Waals surface area contributed by atoms with Crippen molar-refractivity contribution in [2.75, 3.05) is 13.1 Å². The van der Waals surface area contributed by atoms with E-state index in [9.17, 15) is 9.18 Å². The van der Waals surface area contributed by atoms with E-state index in [1.54, 1.807) is 20.8 Å². The van der Waals surface area contributed by atoms with Gasteiger partial charge in [-0.25, -0.2) is 9.18 Å². The molecule has 0 radical (unpaired) electrons. The van der Waals surface area contributed by atoms with E-state index in [2.05, 4.69) is 0 Å². The third-order valence-corrected chi connectivity index (χ3v) is 2.07. The monoisotopic (exact) mass is 214 g/mol. The van der Waals surface area contributed by atoms with Crippen LogP contribution < -0.4 is 0 Å². The van der Waals surface area contributed by atoms with Crippen molar-refractivity contribution in [1.29, 1.82) is 5.26 Å². The van der Waals surface area contributed by atoms with Gasteiger partial charge in [0.05, 0.1) is 18.5 Å². The molecule has 1 heterocycles. The second-order valence-corrected chi connectivity index (χ2v) is 4.64. The van der Waals surface area contributed by atoms with Gasteiger partial charge in [-0.1, -0.05) is 0 Å². The van der Waals surface area contributed by atoms with Crippen LogP contribution in [-0.2, 0) is 4.74 Å². The van der Waals surface area contributed by atoms with Crippen LogP contribution in [0.25, 0.3) is 0 Å². The minimum atomic E-state index is -1.26. The number of rotatable bonds is 0. The van der Waals surface area contributed by atoms with Crippen molar-refractivity contribution >= 4 is 6.09 Å². The maximum Gasteiger partial charge on any atom is 0.410 e. The summed E-state index contributed by atoms with van der Waals surface area (Å²) in [4.78, 5) is 12.7. The van der Waals surface area contributed by atoms with Crippen LogP contribution in [0.3, 0.4) is 0 Å². The summed E-state index contributed by atoms with van der Waals surface area (Å²) in [5.41, 5.74) is -0.590. The zero-order valence-electron chi connectivity index (χ0n) is 9.16. The molecule has 0 saturated carbocycles. The summed E-state index contributed by atoms with van der Waals surface area (Å²) in [6, 6.07) is 1.84. The molecular formula is C10H15FN2O2. The fraction of sp³-hybridized carbons (Fsp3) is 0.800. The van der Waals surface area contributed by atoms with Crippen LogP contribution in [0.1, 0.15) is 20.8 Å². The van der Waals surface area contributed by atoms with E-state index in [0.29, 0.717) is 0 Å². The molecule has 0 aliphatic carbocycles. The molecule has 2 unspecified atom stereocenters. The first kappa shape index (κ1) is 11.8. The van der Waals surface area contributed by atoms with Gasteiger partial charge in [0.25, 0.3) is 0 Å². The van der Waals surface area contributed by atoms with E-state index in [1.165, 1.54) is 4.90 Å². The molecule has 15 heavy (non-hydrogen) atoms. The lowest BCUT2D eigenvalue weighted by Gasteiger charge is -2.23. The summed E-state index contributed by atoms with van der Waals surface area (Å²) in [6.45, 7) is 5.31. The second kappa shape index (κ2) is 4.05. The van der Waals surface area contributed by atoms with Crippen LogP contribution in [0.15, 0.2) is 0 Å². The van der Waals surface area contributed by atoms with Crippen LogP contribution in [0.4, 0.5) is 9.18 Å². The van der Waals surface area contributed by atoms with Crippen molar-refractivity contribution in [2.24, 2.45) is 5.92 Å². The van der Waals surface area contributed by atoms with Crippen LogP contribution in [0.5, 0.6) is 0 Å². The number of hydrogen-bond donors (Lipinski definition) is 0. The molecular weight excluding hydrogens is 199 g/mol. The summed E-state index contributed by atoms with van der Waals surface area (Å²) in [5, 5.41) is 8.60. The predicted octanol–water partition coefficient (Wildman–Crippen LogP) is 1.71. The summed E-state index contributed by atoms with van der Waals surface area (Å²) >= 11 is 0. The van der Waals surface area contributed by atoms with Gasteiger partial charge >= 0.3 is 6.09 Å². The zero-order valence-corrected chi connectivity index (χ0v) is 9.16. The standard InChI is InChI=1S/C10H15FN2O2/c1-10(2,3)15-9(14)13-5-7(4-12)8(11)6-13/h7-8H,5-6H2,1-3H3. The van der Waals surface area contributed by atoms with Crippen molar-refractivity contribution in [3.8, 4) is 6.07 Å². The third kappa shape index (κ3) is 3.08. The van der Waals surface area contributed by atoms with Gasteiger partial charge in [0.1, 0.15) is 11.8 Å². The highest BCUT2D eigenvalue weighted by Gasteiger charge is 2.37. The van der Waals surface area contributed by atoms with Gasteiger partial charge in [-0.2, -0.15) is 5.26 Å². The highest BCUT2D eigenvalue weighted by molar-refractivity contribution is 5.68. The Morgan fingerprint density at radius 1 is 1.53 bits per heavy atom. The first-order chi connectivity index (χ1) is 6.83. The number of halogens is 1.